The average molecular weight is 673 g/mol. The van der Waals surface area contributed by atoms with Crippen molar-refractivity contribution in [1.29, 1.82) is 0 Å². The summed E-state index contributed by atoms with van der Waals surface area (Å²) in [5.74, 6) is 1.98. The summed E-state index contributed by atoms with van der Waals surface area (Å²) in [6.07, 6.45) is 3.97. The normalized spacial score (nSPS) is 12.2. The Kier molecular flexibility index (Phi) is 10.7. The first-order valence-electron chi connectivity index (χ1n) is 13.0. The molecule has 0 aliphatic carbocycles. The maximum Gasteiger partial charge on any atom is 0.483 e. The minimum absolute atomic E-state index is 0.160. The van der Waals surface area contributed by atoms with Crippen LogP contribution in [0.15, 0.2) is 23.4 Å². The Morgan fingerprint density at radius 2 is 1.21 bits per heavy atom. The van der Waals surface area contributed by atoms with Gasteiger partial charge in [0.15, 0.2) is 24.5 Å². The Labute approximate surface area is 256 Å². The molecular formula is C24H34N8O7P2S2+2. The van der Waals surface area contributed by atoms with Crippen LogP contribution in [-0.4, -0.2) is 42.9 Å². The monoisotopic (exact) mass is 672 g/mol. The zero-order valence-corrected chi connectivity index (χ0v) is 27.5. The molecule has 0 aliphatic rings. The molecule has 232 valence electrons. The summed E-state index contributed by atoms with van der Waals surface area (Å²) in [5, 5.41) is 0. The van der Waals surface area contributed by atoms with Crippen LogP contribution in [0, 0.1) is 27.7 Å². The van der Waals surface area contributed by atoms with E-state index in [1.165, 1.54) is 22.7 Å². The van der Waals surface area contributed by atoms with Gasteiger partial charge in [-0.25, -0.2) is 29.1 Å². The van der Waals surface area contributed by atoms with Crippen LogP contribution in [0.3, 0.4) is 0 Å². The van der Waals surface area contributed by atoms with Crippen molar-refractivity contribution in [1.82, 2.24) is 19.9 Å². The maximum atomic E-state index is 13.2. The summed E-state index contributed by atoms with van der Waals surface area (Å²) in [4.78, 5) is 37.3. The van der Waals surface area contributed by atoms with Crippen LogP contribution in [0.4, 0.5) is 11.6 Å². The smallest absolute Gasteiger partial charge is 0.383 e. The highest BCUT2D eigenvalue weighted by Gasteiger charge is 2.36. The second-order valence-corrected chi connectivity index (χ2v) is 14.5. The minimum atomic E-state index is -5.18. The standard InChI is InChI=1S/C24H32N8O7P2S2/c1-15-21(42-13-31(15)11-19-9-27-17(3)29-23(19)25)5-7-37-41(36,39-40(33,34)35)38-8-6-22-16(2)32(14-43-22)12-20-10-28-18(4)30-24(20)26/h9-10,13-14H,5-8,11-12H2,1-4H3,(H4-2,25,26,27,28,29,30,33,34,35)/p+2. The molecule has 4 aromatic heterocycles. The maximum absolute atomic E-state index is 13.2. The minimum Gasteiger partial charge on any atom is -0.383 e. The SMILES string of the molecule is Cc1ncc(C[n+]2csc(CCOP(=O)(OCCc3sc[n+](Cc4cnc(C)nc4N)c3C)OP(=O)(O)O)c2C)c(N)n1. The van der Waals surface area contributed by atoms with Crippen molar-refractivity contribution >= 4 is 50.0 Å². The number of phosphoric acid groups is 2. The number of thiazole rings is 2. The lowest BCUT2D eigenvalue weighted by Gasteiger charge is -2.17. The molecular weight excluding hydrogens is 638 g/mol. The van der Waals surface area contributed by atoms with E-state index in [1.54, 1.807) is 26.2 Å². The summed E-state index contributed by atoms with van der Waals surface area (Å²) in [6, 6.07) is 0. The highest BCUT2D eigenvalue weighted by molar-refractivity contribution is 7.61. The molecule has 0 aliphatic heterocycles. The predicted molar refractivity (Wildman–Crippen MR) is 159 cm³/mol. The number of anilines is 2. The van der Waals surface area contributed by atoms with Crippen LogP contribution in [0.5, 0.6) is 0 Å². The molecule has 0 amide bonds. The third kappa shape index (κ3) is 9.14. The first kappa shape index (κ1) is 33.2. The number of phosphoric ester groups is 1. The molecule has 4 rings (SSSR count). The number of aromatic nitrogens is 6. The van der Waals surface area contributed by atoms with Gasteiger partial charge in [-0.1, -0.05) is 22.7 Å². The van der Waals surface area contributed by atoms with E-state index < -0.39 is 15.6 Å². The second kappa shape index (κ2) is 13.9. The van der Waals surface area contributed by atoms with Crippen LogP contribution in [-0.2, 0) is 48.4 Å². The number of rotatable bonds is 14. The molecule has 4 aromatic rings. The van der Waals surface area contributed by atoms with Gasteiger partial charge in [-0.15, -0.1) is 0 Å². The summed E-state index contributed by atoms with van der Waals surface area (Å²) >= 11 is 2.90. The van der Waals surface area contributed by atoms with Gasteiger partial charge in [-0.3, -0.25) is 9.05 Å². The average Bonchev–Trinajstić information content (AvgIpc) is 3.43. The molecule has 0 unspecified atom stereocenters. The molecule has 0 bridgehead atoms. The molecule has 0 radical (unpaired) electrons. The Morgan fingerprint density at radius 1 is 0.791 bits per heavy atom. The number of nitrogens with two attached hydrogens (primary N) is 2. The molecule has 0 aromatic carbocycles. The lowest BCUT2D eigenvalue weighted by atomic mass is 10.2. The van der Waals surface area contributed by atoms with Crippen LogP contribution >= 0.6 is 38.3 Å². The fraction of sp³-hybridized carbons (Fsp3) is 0.417. The van der Waals surface area contributed by atoms with Gasteiger partial charge in [-0.2, -0.15) is 13.4 Å². The van der Waals surface area contributed by atoms with Crippen LogP contribution < -0.4 is 20.6 Å². The van der Waals surface area contributed by atoms with E-state index in [-0.39, 0.29) is 13.2 Å². The number of hydrogen-bond donors (Lipinski definition) is 4. The second-order valence-electron chi connectivity index (χ2n) is 9.56. The van der Waals surface area contributed by atoms with Crippen LogP contribution in [0.1, 0.15) is 43.9 Å². The molecule has 0 saturated heterocycles. The molecule has 43 heavy (non-hydrogen) atoms. The van der Waals surface area contributed by atoms with Crippen molar-refractivity contribution in [3.05, 3.63) is 67.3 Å². The summed E-state index contributed by atoms with van der Waals surface area (Å²) in [7, 11) is -9.78. The third-order valence-corrected chi connectivity index (χ3v) is 11.3. The van der Waals surface area contributed by atoms with Gasteiger partial charge in [-0.05, 0) is 13.8 Å². The van der Waals surface area contributed by atoms with Gasteiger partial charge in [0.1, 0.15) is 23.3 Å². The molecule has 0 atom stereocenters. The van der Waals surface area contributed by atoms with E-state index >= 15 is 0 Å². The van der Waals surface area contributed by atoms with E-state index in [0.717, 1.165) is 32.3 Å². The third-order valence-electron chi connectivity index (χ3n) is 6.39. The van der Waals surface area contributed by atoms with Crippen molar-refractivity contribution in [2.24, 2.45) is 0 Å². The molecule has 19 heteroatoms. The van der Waals surface area contributed by atoms with Crippen molar-refractivity contribution < 1.29 is 41.4 Å². The van der Waals surface area contributed by atoms with E-state index in [0.29, 0.717) is 49.2 Å². The fourth-order valence-corrected chi connectivity index (χ4v) is 8.12. The number of nitrogens with zero attached hydrogens (tertiary/aromatic N) is 6. The van der Waals surface area contributed by atoms with Gasteiger partial charge in [0.25, 0.3) is 0 Å². The highest BCUT2D eigenvalue weighted by Crippen LogP contribution is 2.61. The Bertz CT molecular complexity index is 1590. The Balaban J connectivity index is 1.35. The lowest BCUT2D eigenvalue weighted by molar-refractivity contribution is -0.689. The largest absolute Gasteiger partial charge is 0.483 e. The molecule has 0 spiro atoms. The van der Waals surface area contributed by atoms with E-state index in [9.17, 15) is 18.9 Å². The van der Waals surface area contributed by atoms with Crippen molar-refractivity contribution in [3.63, 3.8) is 0 Å². The molecule has 6 N–H and O–H groups in total. The van der Waals surface area contributed by atoms with E-state index in [4.69, 9.17) is 20.5 Å². The summed E-state index contributed by atoms with van der Waals surface area (Å²) in [5.41, 5.74) is 19.2. The first-order chi connectivity index (χ1) is 20.2. The number of nitrogen functional groups attached to an aromatic ring is 2. The van der Waals surface area contributed by atoms with Crippen molar-refractivity contribution in [3.8, 4) is 0 Å². The predicted octanol–water partition coefficient (Wildman–Crippen LogP) is 2.50. The molecule has 0 saturated carbocycles. The Hall–Kier alpha value is -2.72. The van der Waals surface area contributed by atoms with Gasteiger partial charge in [0, 0.05) is 39.1 Å². The first-order valence-corrected chi connectivity index (χ1v) is 17.7. The van der Waals surface area contributed by atoms with Crippen LogP contribution in [0.2, 0.25) is 0 Å². The zero-order chi connectivity index (χ0) is 31.4. The topological polar surface area (TPSA) is 214 Å². The summed E-state index contributed by atoms with van der Waals surface area (Å²) in [6.45, 7) is 7.96. The van der Waals surface area contributed by atoms with Crippen LogP contribution in [0.25, 0.3) is 0 Å². The quantitative estimate of drug-likeness (QED) is 0.112. The number of aryl methyl sites for hydroxylation is 2. The number of hydrogen-bond acceptors (Lipinski definition) is 13. The van der Waals surface area contributed by atoms with Gasteiger partial charge in [0.2, 0.25) is 11.0 Å². The molecule has 0 fully saturated rings. The fourth-order valence-electron chi connectivity index (χ4n) is 4.05. The van der Waals surface area contributed by atoms with Gasteiger partial charge in [0.05, 0.1) is 34.1 Å². The van der Waals surface area contributed by atoms with Gasteiger partial charge < -0.3 is 21.3 Å². The van der Waals surface area contributed by atoms with Gasteiger partial charge >= 0.3 is 15.6 Å². The zero-order valence-electron chi connectivity index (χ0n) is 24.0. The Morgan fingerprint density at radius 3 is 1.58 bits per heavy atom. The lowest BCUT2D eigenvalue weighted by Crippen LogP contribution is -2.35. The van der Waals surface area contributed by atoms with E-state index in [1.807, 2.05) is 34.0 Å². The van der Waals surface area contributed by atoms with E-state index in [2.05, 4.69) is 24.2 Å². The molecule has 4 heterocycles. The molecule has 15 nitrogen and oxygen atoms in total. The van der Waals surface area contributed by atoms with Crippen molar-refractivity contribution in [2.75, 3.05) is 24.7 Å². The summed E-state index contributed by atoms with van der Waals surface area (Å²) < 4.78 is 43.9. The van der Waals surface area contributed by atoms with Crippen molar-refractivity contribution in [2.45, 2.75) is 53.6 Å². The highest BCUT2D eigenvalue weighted by atomic mass is 32.1.